The van der Waals surface area contributed by atoms with Gasteiger partial charge in [0.1, 0.15) is 0 Å². The van der Waals surface area contributed by atoms with Gasteiger partial charge in [0.05, 0.1) is 25.0 Å². The van der Waals surface area contributed by atoms with E-state index in [1.807, 2.05) is 11.9 Å². The second kappa shape index (κ2) is 5.18. The van der Waals surface area contributed by atoms with Crippen LogP contribution in [0, 0.1) is 0 Å². The van der Waals surface area contributed by atoms with Gasteiger partial charge in [0, 0.05) is 18.8 Å². The van der Waals surface area contributed by atoms with Crippen molar-refractivity contribution in [2.45, 2.75) is 25.4 Å². The molecule has 0 spiro atoms. The highest BCUT2D eigenvalue weighted by molar-refractivity contribution is 5.78. The van der Waals surface area contributed by atoms with Crippen LogP contribution >= 0.6 is 0 Å². The van der Waals surface area contributed by atoms with E-state index in [2.05, 4.69) is 10.4 Å². The molecule has 1 aromatic heterocycles. The van der Waals surface area contributed by atoms with Crippen molar-refractivity contribution >= 4 is 11.6 Å². The molecule has 1 fully saturated rings. The first-order valence-electron chi connectivity index (χ1n) is 5.89. The normalized spacial score (nSPS) is 15.2. The number of hydrogen-bond acceptors (Lipinski definition) is 4. The SMILES string of the molecule is CN(CCn1cc(N)cn1)CC(=O)NC1CC1. The fourth-order valence-electron chi connectivity index (χ4n) is 1.60. The lowest BCUT2D eigenvalue weighted by Crippen LogP contribution is -2.37. The minimum absolute atomic E-state index is 0.106. The van der Waals surface area contributed by atoms with E-state index in [0.29, 0.717) is 18.3 Å². The lowest BCUT2D eigenvalue weighted by atomic mass is 10.4. The van der Waals surface area contributed by atoms with E-state index in [1.54, 1.807) is 17.1 Å². The molecule has 1 aliphatic carbocycles. The summed E-state index contributed by atoms with van der Waals surface area (Å²) in [7, 11) is 1.93. The quantitative estimate of drug-likeness (QED) is 0.710. The van der Waals surface area contributed by atoms with Gasteiger partial charge in [-0.3, -0.25) is 14.4 Å². The van der Waals surface area contributed by atoms with Gasteiger partial charge in [0.15, 0.2) is 0 Å². The lowest BCUT2D eigenvalue weighted by Gasteiger charge is -2.15. The largest absolute Gasteiger partial charge is 0.396 e. The van der Waals surface area contributed by atoms with Gasteiger partial charge in [-0.05, 0) is 19.9 Å². The minimum atomic E-state index is 0.106. The van der Waals surface area contributed by atoms with Gasteiger partial charge < -0.3 is 11.1 Å². The standard InChI is InChI=1S/C11H19N5O/c1-15(8-11(17)14-10-2-3-10)4-5-16-7-9(12)6-13-16/h6-7,10H,2-5,8,12H2,1H3,(H,14,17). The Hall–Kier alpha value is -1.56. The topological polar surface area (TPSA) is 76.2 Å². The van der Waals surface area contributed by atoms with Gasteiger partial charge in [-0.2, -0.15) is 5.10 Å². The third-order valence-electron chi connectivity index (χ3n) is 2.72. The maximum absolute atomic E-state index is 11.5. The number of likely N-dealkylation sites (N-methyl/N-ethyl adjacent to an activating group) is 1. The Morgan fingerprint density at radius 1 is 1.71 bits per heavy atom. The molecular weight excluding hydrogens is 218 g/mol. The molecule has 0 unspecified atom stereocenters. The zero-order valence-corrected chi connectivity index (χ0v) is 10.1. The zero-order valence-electron chi connectivity index (χ0n) is 10.1. The van der Waals surface area contributed by atoms with E-state index in [0.717, 1.165) is 25.9 Å². The predicted octanol–water partition coefficient (Wildman–Crippen LogP) is -0.324. The molecule has 0 radical (unpaired) electrons. The van der Waals surface area contributed by atoms with E-state index < -0.39 is 0 Å². The molecule has 6 nitrogen and oxygen atoms in total. The van der Waals surface area contributed by atoms with Crippen LogP contribution in [0.5, 0.6) is 0 Å². The Kier molecular flexibility index (Phi) is 3.63. The van der Waals surface area contributed by atoms with Crippen LogP contribution < -0.4 is 11.1 Å². The van der Waals surface area contributed by atoms with E-state index >= 15 is 0 Å². The molecule has 1 aliphatic rings. The summed E-state index contributed by atoms with van der Waals surface area (Å²) < 4.78 is 1.78. The van der Waals surface area contributed by atoms with Crippen LogP contribution in [-0.4, -0.2) is 46.8 Å². The van der Waals surface area contributed by atoms with E-state index in [4.69, 9.17) is 5.73 Å². The van der Waals surface area contributed by atoms with Crippen molar-refractivity contribution < 1.29 is 4.79 Å². The minimum Gasteiger partial charge on any atom is -0.396 e. The lowest BCUT2D eigenvalue weighted by molar-refractivity contribution is -0.122. The highest BCUT2D eigenvalue weighted by atomic mass is 16.2. The van der Waals surface area contributed by atoms with Gasteiger partial charge >= 0.3 is 0 Å². The molecule has 1 saturated carbocycles. The highest BCUT2D eigenvalue weighted by Crippen LogP contribution is 2.18. The van der Waals surface area contributed by atoms with E-state index in [9.17, 15) is 4.79 Å². The van der Waals surface area contributed by atoms with Gasteiger partial charge in [0.2, 0.25) is 5.91 Å². The van der Waals surface area contributed by atoms with Gasteiger partial charge in [0.25, 0.3) is 0 Å². The van der Waals surface area contributed by atoms with Crippen molar-refractivity contribution in [1.82, 2.24) is 20.0 Å². The molecular formula is C11H19N5O. The van der Waals surface area contributed by atoms with Crippen molar-refractivity contribution in [3.05, 3.63) is 12.4 Å². The summed E-state index contributed by atoms with van der Waals surface area (Å²) in [6.07, 6.45) is 5.67. The molecule has 1 heterocycles. The van der Waals surface area contributed by atoms with E-state index in [-0.39, 0.29) is 5.91 Å². The van der Waals surface area contributed by atoms with Crippen molar-refractivity contribution in [3.63, 3.8) is 0 Å². The van der Waals surface area contributed by atoms with Crippen molar-refractivity contribution in [3.8, 4) is 0 Å². The molecule has 17 heavy (non-hydrogen) atoms. The molecule has 0 atom stereocenters. The maximum Gasteiger partial charge on any atom is 0.234 e. The second-order valence-electron chi connectivity index (χ2n) is 4.62. The summed E-state index contributed by atoms with van der Waals surface area (Å²) >= 11 is 0. The Balaban J connectivity index is 1.65. The number of aromatic nitrogens is 2. The number of nitrogen functional groups attached to an aromatic ring is 1. The van der Waals surface area contributed by atoms with Crippen LogP contribution in [0.15, 0.2) is 12.4 Å². The summed E-state index contributed by atoms with van der Waals surface area (Å²) in [5, 5.41) is 7.05. The first-order chi connectivity index (χ1) is 8.13. The Morgan fingerprint density at radius 3 is 3.06 bits per heavy atom. The molecule has 2 rings (SSSR count). The summed E-state index contributed by atoms with van der Waals surface area (Å²) in [5.74, 6) is 0.106. The third kappa shape index (κ3) is 4.07. The smallest absolute Gasteiger partial charge is 0.234 e. The average molecular weight is 237 g/mol. The van der Waals surface area contributed by atoms with Crippen LogP contribution in [0.3, 0.4) is 0 Å². The molecule has 0 bridgehead atoms. The molecule has 94 valence electrons. The highest BCUT2D eigenvalue weighted by Gasteiger charge is 2.23. The number of carbonyl (C=O) groups is 1. The van der Waals surface area contributed by atoms with Gasteiger partial charge in [-0.1, -0.05) is 0 Å². The number of anilines is 1. The number of amides is 1. The summed E-state index contributed by atoms with van der Waals surface area (Å²) in [4.78, 5) is 13.5. The molecule has 0 aliphatic heterocycles. The fraction of sp³-hybridized carbons (Fsp3) is 0.636. The molecule has 3 N–H and O–H groups in total. The monoisotopic (exact) mass is 237 g/mol. The van der Waals surface area contributed by atoms with Crippen molar-refractivity contribution in [1.29, 1.82) is 0 Å². The summed E-state index contributed by atoms with van der Waals surface area (Å²) in [6.45, 7) is 1.96. The third-order valence-corrected chi connectivity index (χ3v) is 2.72. The fourth-order valence-corrected chi connectivity index (χ4v) is 1.60. The maximum atomic E-state index is 11.5. The van der Waals surface area contributed by atoms with Crippen LogP contribution in [0.2, 0.25) is 0 Å². The van der Waals surface area contributed by atoms with Crippen LogP contribution in [-0.2, 0) is 11.3 Å². The van der Waals surface area contributed by atoms with Crippen molar-refractivity contribution in [2.24, 2.45) is 0 Å². The van der Waals surface area contributed by atoms with Crippen LogP contribution in [0.1, 0.15) is 12.8 Å². The first kappa shape index (κ1) is 11.9. The second-order valence-corrected chi connectivity index (χ2v) is 4.62. The van der Waals surface area contributed by atoms with Crippen molar-refractivity contribution in [2.75, 3.05) is 25.9 Å². The Morgan fingerprint density at radius 2 is 2.47 bits per heavy atom. The molecule has 0 saturated heterocycles. The number of carbonyl (C=O) groups excluding carboxylic acids is 1. The predicted molar refractivity (Wildman–Crippen MR) is 65.3 cm³/mol. The first-order valence-corrected chi connectivity index (χ1v) is 5.89. The van der Waals surface area contributed by atoms with E-state index in [1.165, 1.54) is 0 Å². The zero-order chi connectivity index (χ0) is 12.3. The Bertz CT molecular complexity index is 385. The van der Waals surface area contributed by atoms with Gasteiger partial charge in [-0.15, -0.1) is 0 Å². The summed E-state index contributed by atoms with van der Waals surface area (Å²) in [6, 6.07) is 0.432. The molecule has 6 heteroatoms. The number of nitrogens with one attached hydrogen (secondary N) is 1. The molecule has 1 aromatic rings. The number of hydrogen-bond donors (Lipinski definition) is 2. The van der Waals surface area contributed by atoms with Crippen LogP contribution in [0.4, 0.5) is 5.69 Å². The average Bonchev–Trinajstić information content (AvgIpc) is 2.96. The summed E-state index contributed by atoms with van der Waals surface area (Å²) in [5.41, 5.74) is 6.23. The number of rotatable bonds is 6. The number of nitrogens with zero attached hydrogens (tertiary/aromatic N) is 3. The Labute approximate surface area is 101 Å². The van der Waals surface area contributed by atoms with Crippen LogP contribution in [0.25, 0.3) is 0 Å². The number of nitrogens with two attached hydrogens (primary N) is 1. The molecule has 0 aromatic carbocycles. The van der Waals surface area contributed by atoms with Gasteiger partial charge in [-0.25, -0.2) is 0 Å². The molecule has 1 amide bonds.